The van der Waals surface area contributed by atoms with Gasteiger partial charge in [-0.15, -0.1) is 0 Å². The fraction of sp³-hybridized carbons (Fsp3) is 0.917. The largest absolute Gasteiger partial charge is 0.481 e. The second-order valence-electron chi connectivity index (χ2n) is 4.38. The first kappa shape index (κ1) is 16.8. The molecule has 0 amide bonds. The third kappa shape index (κ3) is 6.50. The van der Waals surface area contributed by atoms with Gasteiger partial charge in [0.2, 0.25) is 0 Å². The molecule has 0 aromatic carbocycles. The number of unbranched alkanes of at least 4 members (excludes halogenated alkanes) is 4. The van der Waals surface area contributed by atoms with Crippen molar-refractivity contribution in [1.29, 1.82) is 0 Å². The van der Waals surface area contributed by atoms with Crippen molar-refractivity contribution in [2.45, 2.75) is 65.7 Å². The molecule has 0 aliphatic rings. The van der Waals surface area contributed by atoms with Crippen LogP contribution in [0.5, 0.6) is 0 Å². The van der Waals surface area contributed by atoms with Crippen molar-refractivity contribution in [1.82, 2.24) is 6.15 Å². The molecule has 3 nitrogen and oxygen atoms in total. The highest BCUT2D eigenvalue weighted by atomic mass is 16.4. The van der Waals surface area contributed by atoms with E-state index in [1.54, 1.807) is 0 Å². The Morgan fingerprint density at radius 3 is 2.07 bits per heavy atom. The van der Waals surface area contributed by atoms with Crippen LogP contribution in [0.2, 0.25) is 0 Å². The van der Waals surface area contributed by atoms with Crippen LogP contribution in [-0.4, -0.2) is 11.1 Å². The fourth-order valence-corrected chi connectivity index (χ4v) is 1.55. The van der Waals surface area contributed by atoms with Gasteiger partial charge in [0.25, 0.3) is 0 Å². The van der Waals surface area contributed by atoms with Gasteiger partial charge in [-0.1, -0.05) is 46.0 Å². The molecule has 1 unspecified atom stereocenters. The summed E-state index contributed by atoms with van der Waals surface area (Å²) in [6, 6.07) is 0. The second-order valence-corrected chi connectivity index (χ2v) is 4.38. The molecule has 4 N–H and O–H groups in total. The molecule has 3 heteroatoms. The quantitative estimate of drug-likeness (QED) is 0.603. The van der Waals surface area contributed by atoms with E-state index in [0.29, 0.717) is 0 Å². The molecule has 0 aromatic heterocycles. The lowest BCUT2D eigenvalue weighted by Crippen LogP contribution is -2.26. The summed E-state index contributed by atoms with van der Waals surface area (Å²) in [7, 11) is 0. The van der Waals surface area contributed by atoms with Gasteiger partial charge in [-0.2, -0.15) is 0 Å². The Balaban J connectivity index is 0. The predicted molar refractivity (Wildman–Crippen MR) is 64.4 cm³/mol. The maximum absolute atomic E-state index is 11.0. The first-order valence-corrected chi connectivity index (χ1v) is 5.80. The molecule has 0 rings (SSSR count). The Morgan fingerprint density at radius 1 is 1.13 bits per heavy atom. The van der Waals surface area contributed by atoms with Gasteiger partial charge < -0.3 is 11.3 Å². The Bertz CT molecular complexity index is 171. The molecule has 1 atom stereocenters. The lowest BCUT2D eigenvalue weighted by Gasteiger charge is -2.22. The second kappa shape index (κ2) is 8.72. The molecule has 0 aliphatic carbocycles. The van der Waals surface area contributed by atoms with Crippen LogP contribution in [0.15, 0.2) is 0 Å². The summed E-state index contributed by atoms with van der Waals surface area (Å²) in [4.78, 5) is 11.0. The van der Waals surface area contributed by atoms with Gasteiger partial charge in [-0.3, -0.25) is 4.79 Å². The zero-order chi connectivity index (χ0) is 11.0. The number of carboxylic acids is 1. The summed E-state index contributed by atoms with van der Waals surface area (Å²) in [5, 5.41) is 9.04. The third-order valence-corrected chi connectivity index (χ3v) is 3.13. The molecule has 0 aliphatic heterocycles. The minimum atomic E-state index is -0.643. The maximum atomic E-state index is 11.0. The van der Waals surface area contributed by atoms with Gasteiger partial charge >= 0.3 is 5.97 Å². The van der Waals surface area contributed by atoms with Crippen LogP contribution in [0.3, 0.4) is 0 Å². The summed E-state index contributed by atoms with van der Waals surface area (Å²) >= 11 is 0. The molecule has 0 bridgehead atoms. The van der Waals surface area contributed by atoms with Crippen LogP contribution in [-0.2, 0) is 4.79 Å². The van der Waals surface area contributed by atoms with Crippen molar-refractivity contribution in [3.8, 4) is 0 Å². The van der Waals surface area contributed by atoms with E-state index < -0.39 is 11.4 Å². The number of rotatable bonds is 8. The lowest BCUT2D eigenvalue weighted by atomic mass is 9.82. The van der Waals surface area contributed by atoms with Crippen LogP contribution in [0, 0.1) is 5.41 Å². The van der Waals surface area contributed by atoms with Gasteiger partial charge in [0, 0.05) is 0 Å². The van der Waals surface area contributed by atoms with E-state index in [9.17, 15) is 4.79 Å². The smallest absolute Gasteiger partial charge is 0.309 e. The molecule has 0 saturated heterocycles. The SMILES string of the molecule is CCCCCCCC(C)(CC)C(=O)O.N. The zero-order valence-corrected chi connectivity index (χ0v) is 10.5. The maximum Gasteiger partial charge on any atom is 0.309 e. The number of carboxylic acid groups (broad SMARTS) is 1. The molecule has 0 heterocycles. The van der Waals surface area contributed by atoms with Crippen LogP contribution in [0.4, 0.5) is 0 Å². The van der Waals surface area contributed by atoms with E-state index in [1.807, 2.05) is 13.8 Å². The summed E-state index contributed by atoms with van der Waals surface area (Å²) in [6.45, 7) is 6.00. The predicted octanol–water partition coefficient (Wildman–Crippen LogP) is 4.01. The first-order chi connectivity index (χ1) is 6.56. The average molecular weight is 217 g/mol. The molecule has 15 heavy (non-hydrogen) atoms. The molecule has 0 radical (unpaired) electrons. The van der Waals surface area contributed by atoms with E-state index >= 15 is 0 Å². The van der Waals surface area contributed by atoms with Gasteiger partial charge in [-0.25, -0.2) is 0 Å². The van der Waals surface area contributed by atoms with Crippen molar-refractivity contribution in [3.05, 3.63) is 0 Å². The van der Waals surface area contributed by atoms with E-state index in [4.69, 9.17) is 5.11 Å². The van der Waals surface area contributed by atoms with Crippen molar-refractivity contribution >= 4 is 5.97 Å². The molecule has 92 valence electrons. The van der Waals surface area contributed by atoms with E-state index in [1.165, 1.54) is 25.7 Å². The van der Waals surface area contributed by atoms with Crippen molar-refractivity contribution < 1.29 is 9.90 Å². The molecule has 0 saturated carbocycles. The molecular formula is C12H27NO2. The molecular weight excluding hydrogens is 190 g/mol. The van der Waals surface area contributed by atoms with E-state index in [2.05, 4.69) is 6.92 Å². The topological polar surface area (TPSA) is 72.3 Å². The third-order valence-electron chi connectivity index (χ3n) is 3.13. The highest BCUT2D eigenvalue weighted by molar-refractivity contribution is 5.73. The zero-order valence-electron chi connectivity index (χ0n) is 10.5. The average Bonchev–Trinajstić information content (AvgIpc) is 2.17. The molecule has 0 spiro atoms. The minimum Gasteiger partial charge on any atom is -0.481 e. The minimum absolute atomic E-state index is 0. The van der Waals surface area contributed by atoms with Crippen LogP contribution >= 0.6 is 0 Å². The number of aliphatic carboxylic acids is 1. The van der Waals surface area contributed by atoms with E-state index in [0.717, 1.165) is 19.3 Å². The summed E-state index contributed by atoms with van der Waals surface area (Å²) < 4.78 is 0. The van der Waals surface area contributed by atoms with Crippen molar-refractivity contribution in [2.24, 2.45) is 5.41 Å². The Morgan fingerprint density at radius 2 is 1.67 bits per heavy atom. The summed E-state index contributed by atoms with van der Waals surface area (Å²) in [6.07, 6.45) is 7.54. The highest BCUT2D eigenvalue weighted by Gasteiger charge is 2.29. The molecule has 0 fully saturated rings. The summed E-state index contributed by atoms with van der Waals surface area (Å²) in [5.74, 6) is -0.643. The number of hydrogen-bond acceptors (Lipinski definition) is 2. The van der Waals surface area contributed by atoms with Crippen LogP contribution in [0.1, 0.15) is 65.7 Å². The number of hydrogen-bond donors (Lipinski definition) is 2. The van der Waals surface area contributed by atoms with Gasteiger partial charge in [0.1, 0.15) is 0 Å². The van der Waals surface area contributed by atoms with Gasteiger partial charge in [0.05, 0.1) is 5.41 Å². The van der Waals surface area contributed by atoms with Crippen molar-refractivity contribution in [2.75, 3.05) is 0 Å². The Labute approximate surface area is 93.8 Å². The van der Waals surface area contributed by atoms with Crippen LogP contribution in [0.25, 0.3) is 0 Å². The first-order valence-electron chi connectivity index (χ1n) is 5.80. The fourth-order valence-electron chi connectivity index (χ4n) is 1.55. The van der Waals surface area contributed by atoms with Crippen LogP contribution < -0.4 is 6.15 Å². The monoisotopic (exact) mass is 217 g/mol. The normalized spacial score (nSPS) is 14.1. The van der Waals surface area contributed by atoms with Gasteiger partial charge in [0.15, 0.2) is 0 Å². The standard InChI is InChI=1S/C12H24O2.H3N/c1-4-6-7-8-9-10-12(3,5-2)11(13)14;/h4-10H2,1-3H3,(H,13,14);1H3. The Kier molecular flexibility index (Phi) is 9.79. The highest BCUT2D eigenvalue weighted by Crippen LogP contribution is 2.28. The van der Waals surface area contributed by atoms with Crippen molar-refractivity contribution in [3.63, 3.8) is 0 Å². The van der Waals surface area contributed by atoms with Gasteiger partial charge in [-0.05, 0) is 19.8 Å². The lowest BCUT2D eigenvalue weighted by molar-refractivity contribution is -0.148. The summed E-state index contributed by atoms with van der Waals surface area (Å²) in [5.41, 5.74) is -0.494. The van der Waals surface area contributed by atoms with E-state index in [-0.39, 0.29) is 6.15 Å². The number of carbonyl (C=O) groups is 1. The molecule has 0 aromatic rings. The Hall–Kier alpha value is -0.570.